The third-order valence-corrected chi connectivity index (χ3v) is 14.1. The highest BCUT2D eigenvalue weighted by Gasteiger charge is 2.20. The van der Waals surface area contributed by atoms with Crippen LogP contribution in [0.5, 0.6) is 0 Å². The van der Waals surface area contributed by atoms with Crippen molar-refractivity contribution in [1.82, 2.24) is 15.0 Å². The summed E-state index contributed by atoms with van der Waals surface area (Å²) in [5, 5.41) is 4.91. The van der Waals surface area contributed by atoms with Gasteiger partial charge in [0, 0.05) is 57.0 Å². The van der Waals surface area contributed by atoms with Gasteiger partial charge in [0.2, 0.25) is 0 Å². The lowest BCUT2D eigenvalue weighted by Crippen LogP contribution is -2.01. The van der Waals surface area contributed by atoms with E-state index in [4.69, 9.17) is 15.0 Å². The summed E-state index contributed by atoms with van der Waals surface area (Å²) in [7, 11) is 0. The second-order valence-corrected chi connectivity index (χ2v) is 17.6. The molecule has 3 heterocycles. The van der Waals surface area contributed by atoms with Gasteiger partial charge < -0.3 is 0 Å². The van der Waals surface area contributed by atoms with Crippen LogP contribution < -0.4 is 0 Å². The van der Waals surface area contributed by atoms with Crippen LogP contribution in [0.1, 0.15) is 0 Å². The van der Waals surface area contributed by atoms with Crippen molar-refractivity contribution in [3.8, 4) is 78.7 Å². The molecule has 0 spiro atoms. The van der Waals surface area contributed by atoms with E-state index in [9.17, 15) is 0 Å². The van der Waals surface area contributed by atoms with Crippen molar-refractivity contribution in [3.05, 3.63) is 212 Å². The average molecular weight is 826 g/mol. The van der Waals surface area contributed by atoms with E-state index >= 15 is 0 Å². The zero-order valence-electron chi connectivity index (χ0n) is 33.4. The molecule has 12 aromatic rings. The van der Waals surface area contributed by atoms with E-state index in [1.165, 1.54) is 62.8 Å². The van der Waals surface area contributed by atoms with Gasteiger partial charge in [0.15, 0.2) is 17.5 Å². The lowest BCUT2D eigenvalue weighted by molar-refractivity contribution is 1.08. The fourth-order valence-electron chi connectivity index (χ4n) is 8.89. The van der Waals surface area contributed by atoms with Crippen molar-refractivity contribution < 1.29 is 0 Å². The molecular formula is C57H35N3S2. The first-order valence-corrected chi connectivity index (χ1v) is 22.4. The van der Waals surface area contributed by atoms with E-state index in [2.05, 4.69) is 194 Å². The van der Waals surface area contributed by atoms with Crippen LogP contribution in [-0.2, 0) is 0 Å². The zero-order valence-corrected chi connectivity index (χ0v) is 35.0. The van der Waals surface area contributed by atoms with Crippen LogP contribution in [0, 0.1) is 0 Å². The summed E-state index contributed by atoms with van der Waals surface area (Å²) in [6.07, 6.45) is 0. The molecule has 0 amide bonds. The number of fused-ring (bicyclic) bond motifs is 6. The minimum absolute atomic E-state index is 0.642. The molecule has 3 nitrogen and oxygen atoms in total. The number of rotatable bonds is 7. The monoisotopic (exact) mass is 825 g/mol. The third kappa shape index (κ3) is 6.29. The molecule has 0 saturated heterocycles. The van der Waals surface area contributed by atoms with E-state index < -0.39 is 0 Å². The fourth-order valence-corrected chi connectivity index (χ4v) is 11.2. The van der Waals surface area contributed by atoms with Crippen LogP contribution in [0.2, 0.25) is 0 Å². The molecule has 0 aliphatic carbocycles. The smallest absolute Gasteiger partial charge is 0.164 e. The Morgan fingerprint density at radius 3 is 1.45 bits per heavy atom. The van der Waals surface area contributed by atoms with Crippen LogP contribution in [-0.4, -0.2) is 15.0 Å². The van der Waals surface area contributed by atoms with Crippen molar-refractivity contribution in [2.75, 3.05) is 0 Å². The Labute approximate surface area is 366 Å². The summed E-state index contributed by atoms with van der Waals surface area (Å²) in [6.45, 7) is 0. The second kappa shape index (κ2) is 15.2. The van der Waals surface area contributed by atoms with E-state index in [-0.39, 0.29) is 0 Å². The Balaban J connectivity index is 1.03. The number of thiophene rings is 2. The van der Waals surface area contributed by atoms with Gasteiger partial charge in [0.1, 0.15) is 0 Å². The molecule has 0 aliphatic heterocycles. The Morgan fingerprint density at radius 2 is 0.710 bits per heavy atom. The highest BCUT2D eigenvalue weighted by atomic mass is 32.1. The Morgan fingerprint density at radius 1 is 0.242 bits per heavy atom. The topological polar surface area (TPSA) is 38.7 Å². The van der Waals surface area contributed by atoms with Crippen LogP contribution in [0.3, 0.4) is 0 Å². The van der Waals surface area contributed by atoms with Crippen molar-refractivity contribution in [2.24, 2.45) is 0 Å². The number of benzene rings is 9. The van der Waals surface area contributed by atoms with Gasteiger partial charge in [-0.05, 0) is 74.8 Å². The summed E-state index contributed by atoms with van der Waals surface area (Å²) in [5.74, 6) is 1.93. The SMILES string of the molecule is c1ccc(-c2nc(-c3ccccc3-c3ccc4c(c3)sc3ccccc34)nc(-c3cccc4sc5ccc(-c6ccccc6-c6ccccc6-c6ccccc6)cc5c34)n2)cc1. The minimum atomic E-state index is 0.642. The fraction of sp³-hybridized carbons (Fsp3) is 0. The van der Waals surface area contributed by atoms with Gasteiger partial charge in [-0.1, -0.05) is 182 Å². The zero-order chi connectivity index (χ0) is 41.0. The van der Waals surface area contributed by atoms with E-state index in [0.717, 1.165) is 38.8 Å². The maximum absolute atomic E-state index is 5.38. The lowest BCUT2D eigenvalue weighted by atomic mass is 9.89. The predicted octanol–water partition coefficient (Wildman–Crippen LogP) is 16.3. The normalized spacial score (nSPS) is 11.5. The molecule has 0 saturated carbocycles. The van der Waals surface area contributed by atoms with Crippen molar-refractivity contribution in [3.63, 3.8) is 0 Å². The summed E-state index contributed by atoms with van der Waals surface area (Å²) in [5.41, 5.74) is 12.3. The highest BCUT2D eigenvalue weighted by Crippen LogP contribution is 2.45. The first kappa shape index (κ1) is 36.3. The molecular weight excluding hydrogens is 791 g/mol. The molecule has 5 heteroatoms. The molecule has 12 rings (SSSR count). The van der Waals surface area contributed by atoms with Crippen LogP contribution in [0.4, 0.5) is 0 Å². The number of aromatic nitrogens is 3. The van der Waals surface area contributed by atoms with Gasteiger partial charge in [-0.25, -0.2) is 15.0 Å². The minimum Gasteiger partial charge on any atom is -0.208 e. The Bertz CT molecular complexity index is 3640. The lowest BCUT2D eigenvalue weighted by Gasteiger charge is -2.15. The largest absolute Gasteiger partial charge is 0.208 e. The molecule has 0 bridgehead atoms. The van der Waals surface area contributed by atoms with Crippen LogP contribution in [0.25, 0.3) is 119 Å². The van der Waals surface area contributed by atoms with Gasteiger partial charge in [-0.2, -0.15) is 0 Å². The molecule has 290 valence electrons. The Hall–Kier alpha value is -7.57. The maximum Gasteiger partial charge on any atom is 0.164 e. The van der Waals surface area contributed by atoms with Crippen LogP contribution in [0.15, 0.2) is 212 Å². The van der Waals surface area contributed by atoms with Gasteiger partial charge >= 0.3 is 0 Å². The number of hydrogen-bond donors (Lipinski definition) is 0. The highest BCUT2D eigenvalue weighted by molar-refractivity contribution is 7.26. The van der Waals surface area contributed by atoms with Gasteiger partial charge in [0.05, 0.1) is 0 Å². The van der Waals surface area contributed by atoms with Crippen LogP contribution >= 0.6 is 22.7 Å². The summed E-state index contributed by atoms with van der Waals surface area (Å²) in [6, 6.07) is 75.7. The van der Waals surface area contributed by atoms with Gasteiger partial charge in [-0.15, -0.1) is 22.7 Å². The molecule has 0 unspecified atom stereocenters. The van der Waals surface area contributed by atoms with E-state index in [1.807, 2.05) is 40.9 Å². The molecule has 3 aromatic heterocycles. The standard InChI is InChI=1S/C57H35N3S2/c1-3-16-36(17-4-1)40-20-7-10-23-43(40)44-24-11-8-21-41(44)38-31-33-51-49(34-38)54-48(27-15-29-52(54)61-51)57-59-55(37-18-5-2-6-19-37)58-56(60-57)47-26-12-9-22-42(47)39-30-32-46-45-25-13-14-28-50(45)62-53(46)35-39/h1-35H. The molecule has 0 atom stereocenters. The van der Waals surface area contributed by atoms with Crippen molar-refractivity contribution >= 4 is 63.0 Å². The summed E-state index contributed by atoms with van der Waals surface area (Å²) < 4.78 is 4.97. The Kier molecular flexibility index (Phi) is 8.87. The van der Waals surface area contributed by atoms with Crippen molar-refractivity contribution in [1.29, 1.82) is 0 Å². The molecule has 9 aromatic carbocycles. The first-order chi connectivity index (χ1) is 30.7. The van der Waals surface area contributed by atoms with Gasteiger partial charge in [-0.3, -0.25) is 0 Å². The number of hydrogen-bond acceptors (Lipinski definition) is 5. The average Bonchev–Trinajstić information content (AvgIpc) is 3.92. The number of nitrogens with zero attached hydrogens (tertiary/aromatic N) is 3. The van der Waals surface area contributed by atoms with E-state index in [1.54, 1.807) is 0 Å². The predicted molar refractivity (Wildman–Crippen MR) is 264 cm³/mol. The molecule has 0 N–H and O–H groups in total. The molecule has 0 radical (unpaired) electrons. The second-order valence-electron chi connectivity index (χ2n) is 15.5. The molecule has 62 heavy (non-hydrogen) atoms. The quantitative estimate of drug-likeness (QED) is 0.161. The molecule has 0 fully saturated rings. The van der Waals surface area contributed by atoms with E-state index in [0.29, 0.717) is 17.5 Å². The first-order valence-electron chi connectivity index (χ1n) is 20.8. The van der Waals surface area contributed by atoms with Gasteiger partial charge in [0.25, 0.3) is 0 Å². The molecule has 0 aliphatic rings. The summed E-state index contributed by atoms with van der Waals surface area (Å²) in [4.78, 5) is 15.9. The van der Waals surface area contributed by atoms with Crippen molar-refractivity contribution in [2.45, 2.75) is 0 Å². The third-order valence-electron chi connectivity index (χ3n) is 11.8. The summed E-state index contributed by atoms with van der Waals surface area (Å²) >= 11 is 3.64. The maximum atomic E-state index is 5.38.